The van der Waals surface area contributed by atoms with Crippen molar-refractivity contribution in [2.75, 3.05) is 32.5 Å². The van der Waals surface area contributed by atoms with E-state index in [-0.39, 0.29) is 23.6 Å². The number of rotatable bonds is 8. The maximum Gasteiger partial charge on any atom is 0.254 e. The lowest BCUT2D eigenvalue weighted by atomic mass is 10.1. The summed E-state index contributed by atoms with van der Waals surface area (Å²) in [4.78, 5) is 30.2. The monoisotopic (exact) mass is 555 g/mol. The highest BCUT2D eigenvalue weighted by molar-refractivity contribution is 7.99. The number of carbonyl (C=O) groups is 2. The molecule has 0 bridgehead atoms. The molecule has 9 heteroatoms. The number of aryl methyl sites for hydroxylation is 1. The molecule has 206 valence electrons. The standard InChI is InChI=1S/C31H33N5O3S/c1-22-11-7-8-14-25(22)30(38)35-18-17-34(20-23(35)2)29(37)21-40-31-33-32-28(19-24-12-5-4-6-13-24)36(31)26-15-9-10-16-27(26)39-3/h4-16,23H,17-21H2,1-3H3. The summed E-state index contributed by atoms with van der Waals surface area (Å²) in [7, 11) is 1.64. The van der Waals surface area contributed by atoms with Crippen molar-refractivity contribution in [3.05, 3.63) is 101 Å². The second-order valence-corrected chi connectivity index (χ2v) is 10.8. The Morgan fingerprint density at radius 1 is 0.950 bits per heavy atom. The number of hydrogen-bond acceptors (Lipinski definition) is 6. The number of ether oxygens (including phenoxy) is 1. The fourth-order valence-corrected chi connectivity index (χ4v) is 5.88. The van der Waals surface area contributed by atoms with Gasteiger partial charge in [-0.05, 0) is 43.2 Å². The average molecular weight is 556 g/mol. The summed E-state index contributed by atoms with van der Waals surface area (Å²) in [5, 5.41) is 9.60. The molecule has 0 radical (unpaired) electrons. The van der Waals surface area contributed by atoms with Gasteiger partial charge < -0.3 is 14.5 Å². The molecule has 1 atom stereocenters. The van der Waals surface area contributed by atoms with E-state index in [0.29, 0.717) is 42.5 Å². The molecule has 0 N–H and O–H groups in total. The number of hydrogen-bond donors (Lipinski definition) is 0. The molecule has 4 aromatic rings. The van der Waals surface area contributed by atoms with Crippen LogP contribution in [0.5, 0.6) is 5.75 Å². The van der Waals surface area contributed by atoms with Crippen molar-refractivity contribution in [1.29, 1.82) is 0 Å². The number of methoxy groups -OCH3 is 1. The van der Waals surface area contributed by atoms with Crippen molar-refractivity contribution in [2.24, 2.45) is 0 Å². The number of thioether (sulfide) groups is 1. The number of aromatic nitrogens is 3. The fourth-order valence-electron chi connectivity index (χ4n) is 5.01. The van der Waals surface area contributed by atoms with Crippen LogP contribution in [0.25, 0.3) is 5.69 Å². The summed E-state index contributed by atoms with van der Waals surface area (Å²) < 4.78 is 7.61. The highest BCUT2D eigenvalue weighted by Crippen LogP contribution is 2.30. The van der Waals surface area contributed by atoms with Crippen LogP contribution in [-0.4, -0.2) is 74.9 Å². The Labute approximate surface area is 239 Å². The SMILES string of the molecule is COc1ccccc1-n1c(Cc2ccccc2)nnc1SCC(=O)N1CCN(C(=O)c2ccccc2C)C(C)C1. The molecule has 8 nitrogen and oxygen atoms in total. The summed E-state index contributed by atoms with van der Waals surface area (Å²) in [6.45, 7) is 5.44. The quantitative estimate of drug-likeness (QED) is 0.295. The highest BCUT2D eigenvalue weighted by Gasteiger charge is 2.31. The molecular weight excluding hydrogens is 522 g/mol. The van der Waals surface area contributed by atoms with Gasteiger partial charge >= 0.3 is 0 Å². The topological polar surface area (TPSA) is 80.6 Å². The second kappa shape index (κ2) is 12.4. The molecule has 1 saturated heterocycles. The van der Waals surface area contributed by atoms with Crippen LogP contribution in [0.1, 0.15) is 34.2 Å². The molecule has 1 aliphatic heterocycles. The molecule has 2 amide bonds. The minimum Gasteiger partial charge on any atom is -0.495 e. The Hall–Kier alpha value is -4.11. The van der Waals surface area contributed by atoms with Crippen LogP contribution < -0.4 is 4.74 Å². The van der Waals surface area contributed by atoms with Crippen molar-refractivity contribution < 1.29 is 14.3 Å². The van der Waals surface area contributed by atoms with E-state index in [1.807, 2.05) is 94.9 Å². The van der Waals surface area contributed by atoms with Crippen molar-refractivity contribution in [3.8, 4) is 11.4 Å². The third kappa shape index (κ3) is 5.89. The third-order valence-corrected chi connectivity index (χ3v) is 8.09. The summed E-state index contributed by atoms with van der Waals surface area (Å²) in [6, 6.07) is 25.4. The average Bonchev–Trinajstić information content (AvgIpc) is 3.38. The zero-order valence-corrected chi connectivity index (χ0v) is 23.8. The van der Waals surface area contributed by atoms with E-state index in [4.69, 9.17) is 4.74 Å². The van der Waals surface area contributed by atoms with Crippen molar-refractivity contribution in [2.45, 2.75) is 31.5 Å². The molecule has 0 spiro atoms. The van der Waals surface area contributed by atoms with E-state index >= 15 is 0 Å². The number of amides is 2. The Morgan fingerprint density at radius 3 is 2.42 bits per heavy atom. The van der Waals surface area contributed by atoms with Gasteiger partial charge in [-0.15, -0.1) is 10.2 Å². The Morgan fingerprint density at radius 2 is 1.68 bits per heavy atom. The van der Waals surface area contributed by atoms with Gasteiger partial charge in [0.25, 0.3) is 5.91 Å². The van der Waals surface area contributed by atoms with E-state index < -0.39 is 0 Å². The fraction of sp³-hybridized carbons (Fsp3) is 0.290. The molecule has 40 heavy (non-hydrogen) atoms. The molecular formula is C31H33N5O3S. The van der Waals surface area contributed by atoms with Gasteiger partial charge in [-0.25, -0.2) is 0 Å². The Balaban J connectivity index is 1.29. The zero-order chi connectivity index (χ0) is 28.1. The first kappa shape index (κ1) is 27.5. The van der Waals surface area contributed by atoms with Crippen molar-refractivity contribution in [3.63, 3.8) is 0 Å². The van der Waals surface area contributed by atoms with Gasteiger partial charge in [0.05, 0.1) is 18.6 Å². The predicted molar refractivity (Wildman–Crippen MR) is 156 cm³/mol. The molecule has 5 rings (SSSR count). The molecule has 1 aromatic heterocycles. The molecule has 1 unspecified atom stereocenters. The molecule has 2 heterocycles. The predicted octanol–water partition coefficient (Wildman–Crippen LogP) is 4.64. The first-order chi connectivity index (χ1) is 19.5. The second-order valence-electron chi connectivity index (χ2n) is 9.86. The Kier molecular flexibility index (Phi) is 8.50. The van der Waals surface area contributed by atoms with Crippen LogP contribution in [-0.2, 0) is 11.2 Å². The normalized spacial score (nSPS) is 15.2. The lowest BCUT2D eigenvalue weighted by Crippen LogP contribution is -2.55. The largest absolute Gasteiger partial charge is 0.495 e. The van der Waals surface area contributed by atoms with Gasteiger partial charge in [0.1, 0.15) is 11.6 Å². The van der Waals surface area contributed by atoms with E-state index in [1.54, 1.807) is 7.11 Å². The molecule has 0 saturated carbocycles. The minimum atomic E-state index is -0.0792. The van der Waals surface area contributed by atoms with Gasteiger partial charge in [-0.2, -0.15) is 0 Å². The number of benzene rings is 3. The first-order valence-corrected chi connectivity index (χ1v) is 14.3. The highest BCUT2D eigenvalue weighted by atomic mass is 32.2. The third-order valence-electron chi connectivity index (χ3n) is 7.17. The van der Waals surface area contributed by atoms with E-state index in [1.165, 1.54) is 11.8 Å². The molecule has 3 aromatic carbocycles. The number of nitrogens with zero attached hydrogens (tertiary/aromatic N) is 5. The summed E-state index contributed by atoms with van der Waals surface area (Å²) in [5.41, 5.74) is 3.62. The van der Waals surface area contributed by atoms with E-state index in [2.05, 4.69) is 22.3 Å². The molecule has 1 fully saturated rings. The maximum absolute atomic E-state index is 13.3. The van der Waals surface area contributed by atoms with Crippen molar-refractivity contribution in [1.82, 2.24) is 24.6 Å². The molecule has 1 aliphatic rings. The van der Waals surface area contributed by atoms with Crippen LogP contribution in [0.4, 0.5) is 0 Å². The van der Waals surface area contributed by atoms with Gasteiger partial charge in [0, 0.05) is 37.7 Å². The summed E-state index contributed by atoms with van der Waals surface area (Å²) >= 11 is 1.36. The summed E-state index contributed by atoms with van der Waals surface area (Å²) in [5.74, 6) is 1.72. The number of piperazine rings is 1. The van der Waals surface area contributed by atoms with Crippen molar-refractivity contribution >= 4 is 23.6 Å². The number of para-hydroxylation sites is 2. The smallest absolute Gasteiger partial charge is 0.254 e. The number of carbonyl (C=O) groups excluding carboxylic acids is 2. The maximum atomic E-state index is 13.3. The molecule has 0 aliphatic carbocycles. The first-order valence-electron chi connectivity index (χ1n) is 13.3. The van der Waals surface area contributed by atoms with Crippen LogP contribution >= 0.6 is 11.8 Å². The Bertz CT molecular complexity index is 1490. The van der Waals surface area contributed by atoms with Crippen LogP contribution in [0, 0.1) is 6.92 Å². The van der Waals surface area contributed by atoms with E-state index in [0.717, 1.165) is 22.6 Å². The van der Waals surface area contributed by atoms with Gasteiger partial charge in [-0.3, -0.25) is 14.2 Å². The van der Waals surface area contributed by atoms with E-state index in [9.17, 15) is 9.59 Å². The van der Waals surface area contributed by atoms with Crippen LogP contribution in [0.15, 0.2) is 84.0 Å². The van der Waals surface area contributed by atoms with Gasteiger partial charge in [-0.1, -0.05) is 72.4 Å². The zero-order valence-electron chi connectivity index (χ0n) is 23.0. The van der Waals surface area contributed by atoms with Gasteiger partial charge in [0.15, 0.2) is 5.16 Å². The summed E-state index contributed by atoms with van der Waals surface area (Å²) in [6.07, 6.45) is 0.592. The minimum absolute atomic E-state index is 0.0130. The van der Waals surface area contributed by atoms with Gasteiger partial charge in [0.2, 0.25) is 5.91 Å². The van der Waals surface area contributed by atoms with Crippen LogP contribution in [0.2, 0.25) is 0 Å². The lowest BCUT2D eigenvalue weighted by molar-refractivity contribution is -0.130. The lowest BCUT2D eigenvalue weighted by Gasteiger charge is -2.40. The van der Waals surface area contributed by atoms with Crippen LogP contribution in [0.3, 0.4) is 0 Å².